The molecule has 1 nitrogen and oxygen atoms in total. The lowest BCUT2D eigenvalue weighted by atomic mass is 10.2. The summed E-state index contributed by atoms with van der Waals surface area (Å²) in [5.41, 5.74) is 0.875. The summed E-state index contributed by atoms with van der Waals surface area (Å²) in [4.78, 5) is 11.4. The van der Waals surface area contributed by atoms with Gasteiger partial charge < -0.3 is 0 Å². The zero-order chi connectivity index (χ0) is 19.8. The number of benzene rings is 1. The summed E-state index contributed by atoms with van der Waals surface area (Å²) in [5, 5.41) is 1.57. The molecule has 0 aliphatic rings. The Hall–Kier alpha value is -0.893. The third-order valence-corrected chi connectivity index (χ3v) is 11.6. The Labute approximate surface area is 170 Å². The summed E-state index contributed by atoms with van der Waals surface area (Å²) in [6, 6.07) is 13.0. The van der Waals surface area contributed by atoms with E-state index in [1.807, 2.05) is 6.07 Å². The van der Waals surface area contributed by atoms with Crippen molar-refractivity contribution in [1.29, 1.82) is 0 Å². The Morgan fingerprint density at radius 2 is 1.19 bits per heavy atom. The fourth-order valence-electron chi connectivity index (χ4n) is 4.42. The lowest BCUT2D eigenvalue weighted by Crippen LogP contribution is -2.47. The van der Waals surface area contributed by atoms with E-state index in [9.17, 15) is 4.79 Å². The summed E-state index contributed by atoms with van der Waals surface area (Å²) in [6.45, 7) is 6.90. The molecule has 0 amide bonds. The fourth-order valence-corrected chi connectivity index (χ4v) is 9.74. The molecule has 0 aliphatic carbocycles. The predicted octanol–water partition coefficient (Wildman–Crippen LogP) is 7.90. The molecule has 1 aromatic rings. The quantitative estimate of drug-likeness (QED) is 0.150. The molecule has 27 heavy (non-hydrogen) atoms. The van der Waals surface area contributed by atoms with Crippen LogP contribution >= 0.6 is 0 Å². The van der Waals surface area contributed by atoms with E-state index < -0.39 is 8.07 Å². The molecular formula is C25H44OSi. The molecule has 0 saturated carbocycles. The molecule has 0 fully saturated rings. The van der Waals surface area contributed by atoms with E-state index in [1.165, 1.54) is 95.2 Å². The lowest BCUT2D eigenvalue weighted by Gasteiger charge is -2.33. The van der Waals surface area contributed by atoms with Crippen LogP contribution in [0, 0.1) is 0 Å². The summed E-state index contributed by atoms with van der Waals surface area (Å²) in [7, 11) is -1.53. The van der Waals surface area contributed by atoms with Crippen molar-refractivity contribution in [3.8, 4) is 0 Å². The van der Waals surface area contributed by atoms with E-state index in [1.54, 1.807) is 5.19 Å². The number of hydrogen-bond donors (Lipinski definition) is 0. The molecule has 0 atom stereocenters. The Kier molecular flexibility index (Phi) is 13.5. The van der Waals surface area contributed by atoms with Gasteiger partial charge in [-0.15, -0.1) is 0 Å². The lowest BCUT2D eigenvalue weighted by molar-refractivity contribution is 0.112. The van der Waals surface area contributed by atoms with Crippen molar-refractivity contribution >= 4 is 19.5 Å². The van der Waals surface area contributed by atoms with Gasteiger partial charge in [-0.05, 0) is 0 Å². The van der Waals surface area contributed by atoms with Gasteiger partial charge >= 0.3 is 0 Å². The first-order chi connectivity index (χ1) is 13.2. The maximum atomic E-state index is 11.4. The smallest absolute Gasteiger partial charge is 0.150 e. The second-order valence-electron chi connectivity index (χ2n) is 8.46. The topological polar surface area (TPSA) is 17.1 Å². The monoisotopic (exact) mass is 388 g/mol. The van der Waals surface area contributed by atoms with Crippen LogP contribution < -0.4 is 5.19 Å². The van der Waals surface area contributed by atoms with Gasteiger partial charge in [-0.1, -0.05) is 145 Å². The zero-order valence-corrected chi connectivity index (χ0v) is 19.4. The van der Waals surface area contributed by atoms with Gasteiger partial charge in [0.2, 0.25) is 0 Å². The molecule has 1 rings (SSSR count). The third kappa shape index (κ3) is 9.23. The van der Waals surface area contributed by atoms with Crippen LogP contribution in [0.2, 0.25) is 18.1 Å². The van der Waals surface area contributed by atoms with E-state index in [2.05, 4.69) is 39.0 Å². The van der Waals surface area contributed by atoms with Gasteiger partial charge in [0, 0.05) is 5.56 Å². The summed E-state index contributed by atoms with van der Waals surface area (Å²) in [6.07, 6.45) is 17.3. The second kappa shape index (κ2) is 15.1. The fraction of sp³-hybridized carbons (Fsp3) is 0.720. The van der Waals surface area contributed by atoms with Crippen molar-refractivity contribution < 1.29 is 4.79 Å². The van der Waals surface area contributed by atoms with Crippen molar-refractivity contribution in [3.05, 3.63) is 29.8 Å². The highest BCUT2D eigenvalue weighted by Crippen LogP contribution is 2.30. The van der Waals surface area contributed by atoms with E-state index in [-0.39, 0.29) is 0 Å². The minimum absolute atomic E-state index is 0.875. The summed E-state index contributed by atoms with van der Waals surface area (Å²) >= 11 is 0. The molecule has 0 N–H and O–H groups in total. The molecule has 154 valence electrons. The van der Waals surface area contributed by atoms with Crippen LogP contribution in [0.1, 0.15) is 108 Å². The molecule has 0 radical (unpaired) electrons. The van der Waals surface area contributed by atoms with Crippen molar-refractivity contribution in [1.82, 2.24) is 0 Å². The first-order valence-electron chi connectivity index (χ1n) is 11.8. The van der Waals surface area contributed by atoms with Gasteiger partial charge in [-0.2, -0.15) is 0 Å². The van der Waals surface area contributed by atoms with Crippen LogP contribution in [0.4, 0.5) is 0 Å². The van der Waals surface area contributed by atoms with E-state index in [0.717, 1.165) is 11.8 Å². The van der Waals surface area contributed by atoms with Crippen LogP contribution in [0.3, 0.4) is 0 Å². The van der Waals surface area contributed by atoms with Crippen LogP contribution in [0.5, 0.6) is 0 Å². The van der Waals surface area contributed by atoms with Crippen LogP contribution in [-0.2, 0) is 0 Å². The highest BCUT2D eigenvalue weighted by Gasteiger charge is 2.33. The summed E-state index contributed by atoms with van der Waals surface area (Å²) in [5.74, 6) is 0. The van der Waals surface area contributed by atoms with Gasteiger partial charge in [-0.3, -0.25) is 4.79 Å². The standard InChI is InChI=1S/C25H44OSi/c1-4-7-10-13-19-27(20-14-11-8-5-2,21-15-12-9-6-3)25-18-16-17-24(22-25)23-26/h16-18,22-23H,4-15,19-21H2,1-3H3. The Morgan fingerprint density at radius 3 is 1.59 bits per heavy atom. The SMILES string of the molecule is CCCCCC[Si](CCCCCC)(CCCCCC)c1cccc(C=O)c1. The van der Waals surface area contributed by atoms with Gasteiger partial charge in [0.05, 0.1) is 8.07 Å². The molecule has 0 aliphatic heterocycles. The molecular weight excluding hydrogens is 344 g/mol. The number of carbonyl (C=O) groups is 1. The van der Waals surface area contributed by atoms with Crippen molar-refractivity contribution in [2.75, 3.05) is 0 Å². The molecule has 0 saturated heterocycles. The minimum Gasteiger partial charge on any atom is -0.298 e. The number of rotatable bonds is 17. The third-order valence-electron chi connectivity index (χ3n) is 6.16. The van der Waals surface area contributed by atoms with E-state index in [4.69, 9.17) is 0 Å². The normalized spacial score (nSPS) is 11.7. The van der Waals surface area contributed by atoms with Crippen molar-refractivity contribution in [3.63, 3.8) is 0 Å². The first-order valence-corrected chi connectivity index (χ1v) is 14.4. The average molecular weight is 389 g/mol. The molecule has 0 heterocycles. The van der Waals surface area contributed by atoms with Gasteiger partial charge in [0.15, 0.2) is 0 Å². The molecule has 0 spiro atoms. The van der Waals surface area contributed by atoms with Crippen molar-refractivity contribution in [2.24, 2.45) is 0 Å². The van der Waals surface area contributed by atoms with Crippen LogP contribution in [0.25, 0.3) is 0 Å². The molecule has 0 unspecified atom stereocenters. The largest absolute Gasteiger partial charge is 0.298 e. The Balaban J connectivity index is 3.00. The highest BCUT2D eigenvalue weighted by molar-refractivity contribution is 6.91. The number of aldehydes is 1. The number of carbonyl (C=O) groups excluding carboxylic acids is 1. The molecule has 0 aromatic heterocycles. The van der Waals surface area contributed by atoms with Gasteiger partial charge in [0.25, 0.3) is 0 Å². The van der Waals surface area contributed by atoms with Crippen LogP contribution in [-0.4, -0.2) is 14.4 Å². The number of hydrogen-bond acceptors (Lipinski definition) is 1. The highest BCUT2D eigenvalue weighted by atomic mass is 28.3. The zero-order valence-electron chi connectivity index (χ0n) is 18.4. The van der Waals surface area contributed by atoms with Gasteiger partial charge in [-0.25, -0.2) is 0 Å². The van der Waals surface area contributed by atoms with E-state index >= 15 is 0 Å². The first kappa shape index (κ1) is 24.1. The summed E-state index contributed by atoms with van der Waals surface area (Å²) < 4.78 is 0. The Bertz CT molecular complexity index is 466. The number of unbranched alkanes of at least 4 members (excludes halogenated alkanes) is 9. The van der Waals surface area contributed by atoms with Gasteiger partial charge in [0.1, 0.15) is 6.29 Å². The maximum Gasteiger partial charge on any atom is 0.150 e. The predicted molar refractivity (Wildman–Crippen MR) is 124 cm³/mol. The minimum atomic E-state index is -1.53. The average Bonchev–Trinajstić information content (AvgIpc) is 2.71. The van der Waals surface area contributed by atoms with Crippen LogP contribution in [0.15, 0.2) is 24.3 Å². The maximum absolute atomic E-state index is 11.4. The molecule has 0 bridgehead atoms. The Morgan fingerprint density at radius 1 is 0.704 bits per heavy atom. The molecule has 2 heteroatoms. The van der Waals surface area contributed by atoms with E-state index in [0.29, 0.717) is 0 Å². The van der Waals surface area contributed by atoms with Crippen molar-refractivity contribution in [2.45, 2.75) is 116 Å². The second-order valence-corrected chi connectivity index (χ2v) is 13.1. The molecule has 1 aromatic carbocycles.